The number of aromatic nitrogens is 2. The molecule has 0 bridgehead atoms. The summed E-state index contributed by atoms with van der Waals surface area (Å²) in [4.78, 5) is 2.30. The minimum atomic E-state index is -3.69. The number of benzene rings is 1. The predicted molar refractivity (Wildman–Crippen MR) is 95.8 cm³/mol. The van der Waals surface area contributed by atoms with E-state index in [9.17, 15) is 8.42 Å². The van der Waals surface area contributed by atoms with Gasteiger partial charge in [0.05, 0.1) is 4.90 Å². The molecule has 130 valence electrons. The molecular formula is C16H23N5O2S. The first-order valence-electron chi connectivity index (χ1n) is 7.60. The monoisotopic (exact) mass is 349 g/mol. The Balaban J connectivity index is 2.08. The minimum absolute atomic E-state index is 0.189. The molecule has 2 rings (SSSR count). The second-order valence-corrected chi connectivity index (χ2v) is 7.56. The summed E-state index contributed by atoms with van der Waals surface area (Å²) in [6.07, 6.45) is 0. The Hall–Kier alpha value is -2.19. The van der Waals surface area contributed by atoms with Gasteiger partial charge in [-0.15, -0.1) is 10.2 Å². The van der Waals surface area contributed by atoms with Gasteiger partial charge in [-0.2, -0.15) is 0 Å². The van der Waals surface area contributed by atoms with Crippen molar-refractivity contribution in [3.8, 4) is 0 Å². The van der Waals surface area contributed by atoms with E-state index in [0.29, 0.717) is 11.4 Å². The van der Waals surface area contributed by atoms with Crippen molar-refractivity contribution in [2.45, 2.75) is 18.7 Å². The Morgan fingerprint density at radius 1 is 1.04 bits per heavy atom. The molecule has 24 heavy (non-hydrogen) atoms. The Morgan fingerprint density at radius 3 is 2.33 bits per heavy atom. The average molecular weight is 349 g/mol. The number of hydrogen-bond acceptors (Lipinski definition) is 6. The smallest absolute Gasteiger partial charge is 0.263 e. The standard InChI is InChI=1S/C16H23N5O2S/c1-12-5-6-13(2)14(11-12)24(22,23)20-16-8-7-15(18-19-16)17-9-10-21(3)4/h5-8,11H,9-10H2,1-4H3,(H,17,18)(H,19,20). The average Bonchev–Trinajstić information content (AvgIpc) is 2.51. The molecule has 0 aliphatic heterocycles. The lowest BCUT2D eigenvalue weighted by Gasteiger charge is -2.12. The molecule has 1 aromatic heterocycles. The molecule has 0 amide bonds. The predicted octanol–water partition coefficient (Wildman–Crippen LogP) is 1.87. The third-order valence-electron chi connectivity index (χ3n) is 3.40. The lowest BCUT2D eigenvalue weighted by Crippen LogP contribution is -2.21. The van der Waals surface area contributed by atoms with E-state index in [4.69, 9.17) is 0 Å². The van der Waals surface area contributed by atoms with Crippen molar-refractivity contribution in [3.63, 3.8) is 0 Å². The molecule has 0 radical (unpaired) electrons. The van der Waals surface area contributed by atoms with Gasteiger partial charge in [0, 0.05) is 13.1 Å². The van der Waals surface area contributed by atoms with Crippen molar-refractivity contribution in [2.24, 2.45) is 0 Å². The Labute approximate surface area is 143 Å². The van der Waals surface area contributed by atoms with Gasteiger partial charge in [-0.25, -0.2) is 8.42 Å². The number of likely N-dealkylation sites (N-methyl/N-ethyl adjacent to an activating group) is 1. The van der Waals surface area contributed by atoms with Gasteiger partial charge in [-0.05, 0) is 57.3 Å². The zero-order valence-electron chi connectivity index (χ0n) is 14.4. The first-order chi connectivity index (χ1) is 11.3. The van der Waals surface area contributed by atoms with Crippen molar-refractivity contribution < 1.29 is 8.42 Å². The van der Waals surface area contributed by atoms with Crippen LogP contribution < -0.4 is 10.0 Å². The number of anilines is 2. The van der Waals surface area contributed by atoms with E-state index in [1.54, 1.807) is 31.2 Å². The number of rotatable bonds is 7. The quantitative estimate of drug-likeness (QED) is 0.793. The van der Waals surface area contributed by atoms with Crippen molar-refractivity contribution >= 4 is 21.7 Å². The van der Waals surface area contributed by atoms with E-state index in [2.05, 4.69) is 20.2 Å². The molecule has 0 aliphatic rings. The summed E-state index contributed by atoms with van der Waals surface area (Å²) < 4.78 is 27.5. The van der Waals surface area contributed by atoms with Gasteiger partial charge in [0.25, 0.3) is 10.0 Å². The molecule has 0 aliphatic carbocycles. The highest BCUT2D eigenvalue weighted by Gasteiger charge is 2.17. The molecule has 1 aromatic carbocycles. The summed E-state index contributed by atoms with van der Waals surface area (Å²) in [6.45, 7) is 5.21. The van der Waals surface area contributed by atoms with E-state index < -0.39 is 10.0 Å². The van der Waals surface area contributed by atoms with Crippen LogP contribution in [-0.2, 0) is 10.0 Å². The molecule has 2 N–H and O–H groups in total. The molecular weight excluding hydrogens is 326 g/mol. The first kappa shape index (κ1) is 18.2. The van der Waals surface area contributed by atoms with Crippen molar-refractivity contribution in [2.75, 3.05) is 37.2 Å². The van der Waals surface area contributed by atoms with Crippen LogP contribution in [0.1, 0.15) is 11.1 Å². The summed E-state index contributed by atoms with van der Waals surface area (Å²) >= 11 is 0. The second kappa shape index (κ2) is 7.59. The Morgan fingerprint density at radius 2 is 1.71 bits per heavy atom. The number of nitrogens with zero attached hydrogens (tertiary/aromatic N) is 3. The SMILES string of the molecule is Cc1ccc(C)c(S(=O)(=O)Nc2ccc(NCCN(C)C)nn2)c1. The van der Waals surface area contributed by atoms with E-state index in [1.165, 1.54) is 0 Å². The van der Waals surface area contributed by atoms with Gasteiger partial charge < -0.3 is 10.2 Å². The molecule has 0 spiro atoms. The van der Waals surface area contributed by atoms with Crippen LogP contribution in [0.5, 0.6) is 0 Å². The maximum absolute atomic E-state index is 12.5. The molecule has 0 saturated heterocycles. The van der Waals surface area contributed by atoms with Gasteiger partial charge in [-0.3, -0.25) is 4.72 Å². The molecule has 7 nitrogen and oxygen atoms in total. The van der Waals surface area contributed by atoms with E-state index in [-0.39, 0.29) is 10.7 Å². The van der Waals surface area contributed by atoms with E-state index in [0.717, 1.165) is 18.7 Å². The van der Waals surface area contributed by atoms with Crippen LogP contribution in [0.25, 0.3) is 0 Å². The minimum Gasteiger partial charge on any atom is -0.367 e. The van der Waals surface area contributed by atoms with Crippen molar-refractivity contribution in [3.05, 3.63) is 41.5 Å². The van der Waals surface area contributed by atoms with Gasteiger partial charge in [-0.1, -0.05) is 12.1 Å². The molecule has 8 heteroatoms. The van der Waals surface area contributed by atoms with Crippen LogP contribution in [-0.4, -0.2) is 50.7 Å². The third-order valence-corrected chi connectivity index (χ3v) is 4.90. The molecule has 1 heterocycles. The number of aryl methyl sites for hydroxylation is 2. The Bertz CT molecular complexity index is 789. The third kappa shape index (κ3) is 4.90. The van der Waals surface area contributed by atoms with Crippen LogP contribution in [0.4, 0.5) is 11.6 Å². The van der Waals surface area contributed by atoms with Crippen LogP contribution >= 0.6 is 0 Å². The molecule has 2 aromatic rings. The molecule has 0 fully saturated rings. The summed E-state index contributed by atoms with van der Waals surface area (Å²) in [5.41, 5.74) is 1.57. The van der Waals surface area contributed by atoms with Gasteiger partial charge in [0.2, 0.25) is 0 Å². The Kier molecular flexibility index (Phi) is 5.74. The fraction of sp³-hybridized carbons (Fsp3) is 0.375. The number of sulfonamides is 1. The highest BCUT2D eigenvalue weighted by atomic mass is 32.2. The molecule has 0 saturated carbocycles. The maximum atomic E-state index is 12.5. The first-order valence-corrected chi connectivity index (χ1v) is 9.08. The van der Waals surface area contributed by atoms with Crippen LogP contribution in [0.2, 0.25) is 0 Å². The maximum Gasteiger partial charge on any atom is 0.263 e. The summed E-state index contributed by atoms with van der Waals surface area (Å²) in [5.74, 6) is 0.792. The zero-order valence-corrected chi connectivity index (χ0v) is 15.2. The normalized spacial score (nSPS) is 11.5. The van der Waals surface area contributed by atoms with Crippen LogP contribution in [0.3, 0.4) is 0 Å². The van der Waals surface area contributed by atoms with E-state index in [1.807, 2.05) is 32.0 Å². The fourth-order valence-corrected chi connectivity index (χ4v) is 3.41. The number of nitrogens with one attached hydrogen (secondary N) is 2. The van der Waals surface area contributed by atoms with Crippen molar-refractivity contribution in [1.29, 1.82) is 0 Å². The number of hydrogen-bond donors (Lipinski definition) is 2. The van der Waals surface area contributed by atoms with Crippen molar-refractivity contribution in [1.82, 2.24) is 15.1 Å². The fourth-order valence-electron chi connectivity index (χ4n) is 2.08. The largest absolute Gasteiger partial charge is 0.367 e. The summed E-state index contributed by atoms with van der Waals surface area (Å²) in [5, 5.41) is 11.0. The lowest BCUT2D eigenvalue weighted by molar-refractivity contribution is 0.425. The summed E-state index contributed by atoms with van der Waals surface area (Å²) in [7, 11) is 0.282. The second-order valence-electron chi connectivity index (χ2n) is 5.91. The molecule has 0 unspecified atom stereocenters. The van der Waals surface area contributed by atoms with Crippen LogP contribution in [0, 0.1) is 13.8 Å². The van der Waals surface area contributed by atoms with Gasteiger partial charge in [0.1, 0.15) is 5.82 Å². The highest BCUT2D eigenvalue weighted by molar-refractivity contribution is 7.92. The van der Waals surface area contributed by atoms with E-state index >= 15 is 0 Å². The van der Waals surface area contributed by atoms with Gasteiger partial charge >= 0.3 is 0 Å². The topological polar surface area (TPSA) is 87.2 Å². The summed E-state index contributed by atoms with van der Waals surface area (Å²) in [6, 6.07) is 8.59. The molecule has 0 atom stereocenters. The van der Waals surface area contributed by atoms with Gasteiger partial charge in [0.15, 0.2) is 5.82 Å². The lowest BCUT2D eigenvalue weighted by atomic mass is 10.2. The zero-order chi connectivity index (χ0) is 17.7. The highest BCUT2D eigenvalue weighted by Crippen LogP contribution is 2.19. The van der Waals surface area contributed by atoms with Crippen LogP contribution in [0.15, 0.2) is 35.2 Å².